The lowest BCUT2D eigenvalue weighted by Gasteiger charge is -2.20. The van der Waals surface area contributed by atoms with Crippen molar-refractivity contribution in [2.45, 2.75) is 19.4 Å². The first kappa shape index (κ1) is 14.4. The molecule has 3 N–H and O–H groups in total. The lowest BCUT2D eigenvalue weighted by Crippen LogP contribution is -2.29. The summed E-state index contributed by atoms with van der Waals surface area (Å²) in [6.45, 7) is 2.66. The largest absolute Gasteiger partial charge is 0.493 e. The summed E-state index contributed by atoms with van der Waals surface area (Å²) in [5.74, 6) is 5.97. The maximum atomic E-state index is 13.3. The Morgan fingerprint density at radius 2 is 2.15 bits per heavy atom. The van der Waals surface area contributed by atoms with Crippen LogP contribution >= 0.6 is 0 Å². The molecule has 5 heteroatoms. The van der Waals surface area contributed by atoms with Gasteiger partial charge in [-0.15, -0.1) is 0 Å². The minimum Gasteiger partial charge on any atom is -0.493 e. The number of nitrogens with zero attached hydrogens (tertiary/aromatic N) is 1. The molecule has 1 aromatic carbocycles. The van der Waals surface area contributed by atoms with Crippen LogP contribution in [0.5, 0.6) is 5.75 Å². The molecule has 2 rings (SSSR count). The van der Waals surface area contributed by atoms with Gasteiger partial charge in [-0.3, -0.25) is 10.8 Å². The van der Waals surface area contributed by atoms with Crippen LogP contribution in [0.3, 0.4) is 0 Å². The van der Waals surface area contributed by atoms with Gasteiger partial charge in [0.25, 0.3) is 0 Å². The van der Waals surface area contributed by atoms with Gasteiger partial charge >= 0.3 is 0 Å². The first-order valence-corrected chi connectivity index (χ1v) is 6.54. The molecule has 1 unspecified atom stereocenters. The second-order valence-electron chi connectivity index (χ2n) is 4.42. The Morgan fingerprint density at radius 1 is 1.35 bits per heavy atom. The van der Waals surface area contributed by atoms with Crippen molar-refractivity contribution >= 4 is 0 Å². The minimum atomic E-state index is -0.394. The van der Waals surface area contributed by atoms with Gasteiger partial charge in [-0.2, -0.15) is 0 Å². The van der Waals surface area contributed by atoms with Gasteiger partial charge in [0.1, 0.15) is 11.6 Å². The van der Waals surface area contributed by atoms with Crippen molar-refractivity contribution in [1.82, 2.24) is 10.4 Å². The molecular formula is C15H18FN3O. The zero-order valence-corrected chi connectivity index (χ0v) is 11.3. The Hall–Kier alpha value is -1.98. The highest BCUT2D eigenvalue weighted by Gasteiger charge is 2.17. The molecule has 106 valence electrons. The number of para-hydroxylation sites is 1. The summed E-state index contributed by atoms with van der Waals surface area (Å²) in [6.07, 6.45) is 3.66. The summed E-state index contributed by atoms with van der Waals surface area (Å²) >= 11 is 0. The van der Waals surface area contributed by atoms with Crippen LogP contribution in [0.25, 0.3) is 0 Å². The molecule has 4 nitrogen and oxygen atoms in total. The summed E-state index contributed by atoms with van der Waals surface area (Å²) in [5.41, 5.74) is 4.20. The number of hydrogen-bond donors (Lipinski definition) is 2. The Bertz CT molecular complexity index is 562. The van der Waals surface area contributed by atoms with E-state index in [1.54, 1.807) is 6.20 Å². The fraction of sp³-hybridized carbons (Fsp3) is 0.267. The maximum Gasteiger partial charge on any atom is 0.141 e. The SMILES string of the molecule is CCCOc1ccccc1C(NN)c1cncc(F)c1. The summed E-state index contributed by atoms with van der Waals surface area (Å²) in [6, 6.07) is 8.61. The van der Waals surface area contributed by atoms with Crippen molar-refractivity contribution < 1.29 is 9.13 Å². The lowest BCUT2D eigenvalue weighted by molar-refractivity contribution is 0.311. The van der Waals surface area contributed by atoms with Crippen molar-refractivity contribution in [2.24, 2.45) is 5.84 Å². The van der Waals surface area contributed by atoms with E-state index in [2.05, 4.69) is 10.4 Å². The number of pyridine rings is 1. The molecule has 0 aliphatic heterocycles. The summed E-state index contributed by atoms with van der Waals surface area (Å²) in [7, 11) is 0. The number of nitrogens with one attached hydrogen (secondary N) is 1. The van der Waals surface area contributed by atoms with E-state index < -0.39 is 5.82 Å². The first-order valence-electron chi connectivity index (χ1n) is 6.54. The smallest absolute Gasteiger partial charge is 0.141 e. The molecule has 0 saturated heterocycles. The number of hydrazine groups is 1. The third kappa shape index (κ3) is 3.31. The lowest BCUT2D eigenvalue weighted by atomic mass is 10.00. The highest BCUT2D eigenvalue weighted by Crippen LogP contribution is 2.29. The zero-order chi connectivity index (χ0) is 14.4. The Morgan fingerprint density at radius 3 is 2.85 bits per heavy atom. The highest BCUT2D eigenvalue weighted by molar-refractivity contribution is 5.41. The number of benzene rings is 1. The molecular weight excluding hydrogens is 257 g/mol. The molecule has 0 aliphatic carbocycles. The number of nitrogens with two attached hydrogens (primary N) is 1. The van der Waals surface area contributed by atoms with Crippen molar-refractivity contribution in [1.29, 1.82) is 0 Å². The highest BCUT2D eigenvalue weighted by atomic mass is 19.1. The average molecular weight is 275 g/mol. The summed E-state index contributed by atoms with van der Waals surface area (Å²) in [4.78, 5) is 3.86. The topological polar surface area (TPSA) is 60.2 Å². The van der Waals surface area contributed by atoms with Crippen molar-refractivity contribution in [3.63, 3.8) is 0 Å². The first-order chi connectivity index (χ1) is 9.76. The van der Waals surface area contributed by atoms with E-state index in [4.69, 9.17) is 10.6 Å². The minimum absolute atomic E-state index is 0.369. The average Bonchev–Trinajstić information content (AvgIpc) is 2.47. The van der Waals surface area contributed by atoms with Gasteiger partial charge in [-0.25, -0.2) is 9.82 Å². The Labute approximate surface area is 117 Å². The van der Waals surface area contributed by atoms with Gasteiger partial charge in [-0.1, -0.05) is 25.1 Å². The van der Waals surface area contributed by atoms with E-state index >= 15 is 0 Å². The van der Waals surface area contributed by atoms with E-state index in [0.29, 0.717) is 12.2 Å². The third-order valence-electron chi connectivity index (χ3n) is 2.92. The predicted octanol–water partition coefficient (Wildman–Crippen LogP) is 2.56. The van der Waals surface area contributed by atoms with Crippen LogP contribution in [-0.4, -0.2) is 11.6 Å². The van der Waals surface area contributed by atoms with E-state index in [1.807, 2.05) is 31.2 Å². The second-order valence-corrected chi connectivity index (χ2v) is 4.42. The summed E-state index contributed by atoms with van der Waals surface area (Å²) < 4.78 is 19.0. The van der Waals surface area contributed by atoms with Crippen LogP contribution in [0.2, 0.25) is 0 Å². The summed E-state index contributed by atoms with van der Waals surface area (Å²) in [5, 5.41) is 0. The number of ether oxygens (including phenoxy) is 1. The molecule has 0 spiro atoms. The number of halogens is 1. The molecule has 1 atom stereocenters. The molecule has 0 amide bonds. The molecule has 0 saturated carbocycles. The van der Waals surface area contributed by atoms with Crippen LogP contribution in [0, 0.1) is 5.82 Å². The molecule has 0 aliphatic rings. The zero-order valence-electron chi connectivity index (χ0n) is 11.3. The molecule has 0 bridgehead atoms. The molecule has 0 radical (unpaired) electrons. The molecule has 1 heterocycles. The quantitative estimate of drug-likeness (QED) is 0.628. The normalized spacial score (nSPS) is 12.2. The van der Waals surface area contributed by atoms with Gasteiger partial charge < -0.3 is 4.74 Å². The van der Waals surface area contributed by atoms with Crippen LogP contribution in [0.4, 0.5) is 4.39 Å². The Kier molecular flexibility index (Phi) is 5.03. The van der Waals surface area contributed by atoms with E-state index in [9.17, 15) is 4.39 Å². The molecule has 0 fully saturated rings. The van der Waals surface area contributed by atoms with Gasteiger partial charge in [0.05, 0.1) is 18.8 Å². The number of hydrogen-bond acceptors (Lipinski definition) is 4. The number of rotatable bonds is 6. The van der Waals surface area contributed by atoms with Crippen LogP contribution in [0.1, 0.15) is 30.5 Å². The van der Waals surface area contributed by atoms with Gasteiger partial charge in [-0.05, 0) is 24.1 Å². The van der Waals surface area contributed by atoms with Crippen molar-refractivity contribution in [3.8, 4) is 5.75 Å². The monoisotopic (exact) mass is 275 g/mol. The van der Waals surface area contributed by atoms with Crippen LogP contribution < -0.4 is 16.0 Å². The Balaban J connectivity index is 2.36. The fourth-order valence-electron chi connectivity index (χ4n) is 2.01. The molecule has 2 aromatic rings. The number of aromatic nitrogens is 1. The van der Waals surface area contributed by atoms with Crippen molar-refractivity contribution in [2.75, 3.05) is 6.61 Å². The maximum absolute atomic E-state index is 13.3. The fourth-order valence-corrected chi connectivity index (χ4v) is 2.01. The van der Waals surface area contributed by atoms with Gasteiger partial charge in [0, 0.05) is 11.8 Å². The van der Waals surface area contributed by atoms with Crippen LogP contribution in [-0.2, 0) is 0 Å². The van der Waals surface area contributed by atoms with E-state index in [-0.39, 0.29) is 6.04 Å². The van der Waals surface area contributed by atoms with Gasteiger partial charge in [0.15, 0.2) is 0 Å². The standard InChI is InChI=1S/C15H18FN3O/c1-2-7-20-14-6-4-3-5-13(14)15(19-17)11-8-12(16)10-18-9-11/h3-6,8-10,15,19H,2,7,17H2,1H3. The van der Waals surface area contributed by atoms with E-state index in [0.717, 1.165) is 23.9 Å². The van der Waals surface area contributed by atoms with Gasteiger partial charge in [0.2, 0.25) is 0 Å². The molecule has 20 heavy (non-hydrogen) atoms. The van der Waals surface area contributed by atoms with Crippen molar-refractivity contribution in [3.05, 3.63) is 59.7 Å². The van der Waals surface area contributed by atoms with E-state index in [1.165, 1.54) is 6.07 Å². The van der Waals surface area contributed by atoms with Crippen LogP contribution in [0.15, 0.2) is 42.7 Å². The predicted molar refractivity (Wildman–Crippen MR) is 75.6 cm³/mol. The third-order valence-corrected chi connectivity index (χ3v) is 2.92. The second kappa shape index (κ2) is 6.98. The molecule has 1 aromatic heterocycles.